The van der Waals surface area contributed by atoms with Crippen molar-refractivity contribution in [2.75, 3.05) is 6.79 Å². The van der Waals surface area contributed by atoms with Crippen LogP contribution in [0, 0.1) is 6.92 Å². The Hall–Kier alpha value is -4.38. The number of benzene rings is 4. The van der Waals surface area contributed by atoms with Crippen molar-refractivity contribution >= 4 is 23.3 Å². The first-order chi connectivity index (χ1) is 16.2. The molecule has 0 spiro atoms. The molecule has 1 N–H and O–H groups in total. The van der Waals surface area contributed by atoms with E-state index in [0.717, 1.165) is 28.1 Å². The number of aryl methyl sites for hydroxylation is 1. The zero-order chi connectivity index (χ0) is 22.6. The highest BCUT2D eigenvalue weighted by Crippen LogP contribution is 2.33. The SMILES string of the molecule is Cc1ccc(O)c(C(=Nc2ccccc2N=Cc2ccc3c(c2)OCO3)c2ccccc2)c1. The van der Waals surface area contributed by atoms with Gasteiger partial charge in [-0.15, -0.1) is 0 Å². The van der Waals surface area contributed by atoms with Crippen LogP contribution in [0.5, 0.6) is 17.2 Å². The second kappa shape index (κ2) is 9.01. The first-order valence-corrected chi connectivity index (χ1v) is 10.6. The maximum absolute atomic E-state index is 10.6. The van der Waals surface area contributed by atoms with Crippen LogP contribution in [-0.4, -0.2) is 23.8 Å². The summed E-state index contributed by atoms with van der Waals surface area (Å²) in [6, 6.07) is 28.8. The van der Waals surface area contributed by atoms with Crippen LogP contribution < -0.4 is 9.47 Å². The van der Waals surface area contributed by atoms with Gasteiger partial charge in [-0.2, -0.15) is 0 Å². The van der Waals surface area contributed by atoms with Crippen LogP contribution >= 0.6 is 0 Å². The number of aliphatic imine (C=N–C) groups is 2. The van der Waals surface area contributed by atoms with E-state index in [-0.39, 0.29) is 12.5 Å². The summed E-state index contributed by atoms with van der Waals surface area (Å²) in [7, 11) is 0. The Morgan fingerprint density at radius 1 is 0.818 bits per heavy atom. The molecule has 0 bridgehead atoms. The summed E-state index contributed by atoms with van der Waals surface area (Å²) in [6.07, 6.45) is 1.78. The molecule has 0 fully saturated rings. The molecular weight excluding hydrogens is 412 g/mol. The van der Waals surface area contributed by atoms with Gasteiger partial charge < -0.3 is 14.6 Å². The Morgan fingerprint density at radius 2 is 1.58 bits per heavy atom. The molecule has 0 unspecified atom stereocenters. The van der Waals surface area contributed by atoms with E-state index in [9.17, 15) is 5.11 Å². The Morgan fingerprint density at radius 3 is 2.42 bits per heavy atom. The first kappa shape index (κ1) is 20.5. The summed E-state index contributed by atoms with van der Waals surface area (Å²) in [5.41, 5.74) is 5.63. The predicted molar refractivity (Wildman–Crippen MR) is 131 cm³/mol. The monoisotopic (exact) mass is 434 g/mol. The predicted octanol–water partition coefficient (Wildman–Crippen LogP) is 6.35. The first-order valence-electron chi connectivity index (χ1n) is 10.6. The molecule has 162 valence electrons. The van der Waals surface area contributed by atoms with Crippen molar-refractivity contribution in [2.24, 2.45) is 9.98 Å². The zero-order valence-electron chi connectivity index (χ0n) is 18.1. The lowest BCUT2D eigenvalue weighted by atomic mass is 9.99. The Bertz CT molecular complexity index is 1360. The van der Waals surface area contributed by atoms with E-state index in [1.807, 2.05) is 91.9 Å². The largest absolute Gasteiger partial charge is 0.507 e. The topological polar surface area (TPSA) is 63.4 Å². The van der Waals surface area contributed by atoms with Crippen LogP contribution in [0.15, 0.2) is 101 Å². The molecule has 1 aliphatic heterocycles. The maximum Gasteiger partial charge on any atom is 0.231 e. The number of ether oxygens (including phenoxy) is 2. The molecule has 1 heterocycles. The number of fused-ring (bicyclic) bond motifs is 1. The van der Waals surface area contributed by atoms with Crippen LogP contribution in [0.1, 0.15) is 22.3 Å². The lowest BCUT2D eigenvalue weighted by Crippen LogP contribution is -2.04. The molecular formula is C28H22N2O3. The molecule has 0 saturated heterocycles. The lowest BCUT2D eigenvalue weighted by molar-refractivity contribution is 0.174. The number of phenolic OH excluding ortho intramolecular Hbond substituents is 1. The third-order valence-electron chi connectivity index (χ3n) is 5.32. The van der Waals surface area contributed by atoms with E-state index in [0.29, 0.717) is 22.7 Å². The molecule has 33 heavy (non-hydrogen) atoms. The Kier molecular flexibility index (Phi) is 5.60. The van der Waals surface area contributed by atoms with Gasteiger partial charge in [0.25, 0.3) is 0 Å². The summed E-state index contributed by atoms with van der Waals surface area (Å²) >= 11 is 0. The van der Waals surface area contributed by atoms with Crippen LogP contribution in [0.2, 0.25) is 0 Å². The second-order valence-electron chi connectivity index (χ2n) is 7.71. The van der Waals surface area contributed by atoms with E-state index in [2.05, 4.69) is 0 Å². The van der Waals surface area contributed by atoms with E-state index in [1.165, 1.54) is 0 Å². The normalized spacial score (nSPS) is 12.9. The van der Waals surface area contributed by atoms with Crippen molar-refractivity contribution in [3.05, 3.63) is 113 Å². The van der Waals surface area contributed by atoms with Crippen LogP contribution in [-0.2, 0) is 0 Å². The highest BCUT2D eigenvalue weighted by molar-refractivity contribution is 6.15. The van der Waals surface area contributed by atoms with Crippen molar-refractivity contribution in [2.45, 2.75) is 6.92 Å². The van der Waals surface area contributed by atoms with Gasteiger partial charge in [0, 0.05) is 17.3 Å². The van der Waals surface area contributed by atoms with Crippen molar-refractivity contribution < 1.29 is 14.6 Å². The molecule has 5 rings (SSSR count). The fourth-order valence-electron chi connectivity index (χ4n) is 3.64. The third kappa shape index (κ3) is 4.48. The summed E-state index contributed by atoms with van der Waals surface area (Å²) in [6.45, 7) is 2.23. The average molecular weight is 434 g/mol. The lowest BCUT2D eigenvalue weighted by Gasteiger charge is -2.11. The quantitative estimate of drug-likeness (QED) is 0.372. The molecule has 0 amide bonds. The molecule has 5 heteroatoms. The molecule has 0 aromatic heterocycles. The minimum atomic E-state index is 0.185. The number of para-hydroxylation sites is 2. The average Bonchev–Trinajstić information content (AvgIpc) is 3.32. The summed E-state index contributed by atoms with van der Waals surface area (Å²) in [5, 5.41) is 10.6. The summed E-state index contributed by atoms with van der Waals surface area (Å²) in [5.74, 6) is 1.64. The molecule has 5 nitrogen and oxygen atoms in total. The van der Waals surface area contributed by atoms with Crippen LogP contribution in [0.4, 0.5) is 11.4 Å². The van der Waals surface area contributed by atoms with Gasteiger partial charge in [-0.05, 0) is 55.0 Å². The van der Waals surface area contributed by atoms with Gasteiger partial charge in [0.15, 0.2) is 11.5 Å². The maximum atomic E-state index is 10.6. The number of phenols is 1. The highest BCUT2D eigenvalue weighted by Gasteiger charge is 2.14. The molecule has 4 aromatic carbocycles. The van der Waals surface area contributed by atoms with Gasteiger partial charge in [-0.3, -0.25) is 4.99 Å². The molecule has 0 aliphatic carbocycles. The van der Waals surface area contributed by atoms with Gasteiger partial charge in [0.2, 0.25) is 6.79 Å². The van der Waals surface area contributed by atoms with Gasteiger partial charge in [-0.25, -0.2) is 4.99 Å². The van der Waals surface area contributed by atoms with Crippen molar-refractivity contribution in [3.63, 3.8) is 0 Å². The van der Waals surface area contributed by atoms with Gasteiger partial charge in [0.1, 0.15) is 5.75 Å². The molecule has 0 saturated carbocycles. The molecule has 0 atom stereocenters. The van der Waals surface area contributed by atoms with Crippen LogP contribution in [0.25, 0.3) is 0 Å². The number of aromatic hydroxyl groups is 1. The smallest absolute Gasteiger partial charge is 0.231 e. The second-order valence-corrected chi connectivity index (χ2v) is 7.71. The Balaban J connectivity index is 1.57. The fraction of sp³-hybridized carbons (Fsp3) is 0.0714. The minimum absolute atomic E-state index is 0.185. The van der Waals surface area contributed by atoms with Crippen molar-refractivity contribution in [3.8, 4) is 17.2 Å². The number of rotatable bonds is 5. The van der Waals surface area contributed by atoms with E-state index in [1.54, 1.807) is 12.3 Å². The summed E-state index contributed by atoms with van der Waals surface area (Å²) in [4.78, 5) is 9.66. The molecule has 4 aromatic rings. The fourth-order valence-corrected chi connectivity index (χ4v) is 3.64. The van der Waals surface area contributed by atoms with Crippen molar-refractivity contribution in [1.29, 1.82) is 0 Å². The van der Waals surface area contributed by atoms with Gasteiger partial charge in [-0.1, -0.05) is 54.1 Å². The zero-order valence-corrected chi connectivity index (χ0v) is 18.1. The number of nitrogens with zero attached hydrogens (tertiary/aromatic N) is 2. The number of hydrogen-bond acceptors (Lipinski definition) is 5. The Labute approximate surface area is 192 Å². The summed E-state index contributed by atoms with van der Waals surface area (Å²) < 4.78 is 10.8. The molecule has 0 radical (unpaired) electrons. The molecule has 1 aliphatic rings. The van der Waals surface area contributed by atoms with E-state index >= 15 is 0 Å². The van der Waals surface area contributed by atoms with Gasteiger partial charge >= 0.3 is 0 Å². The third-order valence-corrected chi connectivity index (χ3v) is 5.32. The van der Waals surface area contributed by atoms with Crippen LogP contribution in [0.3, 0.4) is 0 Å². The van der Waals surface area contributed by atoms with Gasteiger partial charge in [0.05, 0.1) is 17.1 Å². The number of hydrogen-bond donors (Lipinski definition) is 1. The standard InChI is InChI=1S/C28H22N2O3/c1-19-11-13-25(31)22(15-19)28(21-7-3-2-4-8-21)30-24-10-6-5-9-23(24)29-17-20-12-14-26-27(16-20)33-18-32-26/h2-17,31H,18H2,1H3. The van der Waals surface area contributed by atoms with E-state index in [4.69, 9.17) is 19.5 Å². The minimum Gasteiger partial charge on any atom is -0.507 e. The highest BCUT2D eigenvalue weighted by atomic mass is 16.7. The van der Waals surface area contributed by atoms with E-state index < -0.39 is 0 Å². The van der Waals surface area contributed by atoms with Crippen molar-refractivity contribution in [1.82, 2.24) is 0 Å².